The van der Waals surface area contributed by atoms with E-state index >= 15 is 0 Å². The Kier molecular flexibility index (Phi) is 3.22. The summed E-state index contributed by atoms with van der Waals surface area (Å²) in [7, 11) is 0. The highest BCUT2D eigenvalue weighted by molar-refractivity contribution is 5.88. The second-order valence-corrected chi connectivity index (χ2v) is 5.21. The first-order valence-corrected chi connectivity index (χ1v) is 6.73. The fourth-order valence-electron chi connectivity index (χ4n) is 2.39. The normalized spacial score (nSPS) is 10.8. The smallest absolute Gasteiger partial charge is 0.153 e. The molecule has 1 aromatic heterocycles. The van der Waals surface area contributed by atoms with Gasteiger partial charge in [0, 0.05) is 5.56 Å². The van der Waals surface area contributed by atoms with Crippen LogP contribution in [0.25, 0.3) is 22.4 Å². The number of hydrogen-bond donors (Lipinski definition) is 2. The number of hydrogen-bond acceptors (Lipinski definition) is 2. The lowest BCUT2D eigenvalue weighted by Crippen LogP contribution is -1.91. The van der Waals surface area contributed by atoms with Gasteiger partial charge in [0.2, 0.25) is 0 Å². The van der Waals surface area contributed by atoms with Gasteiger partial charge in [0.25, 0.3) is 0 Å². The van der Waals surface area contributed by atoms with E-state index in [4.69, 9.17) is 5.73 Å². The summed E-state index contributed by atoms with van der Waals surface area (Å²) >= 11 is 0. The summed E-state index contributed by atoms with van der Waals surface area (Å²) in [4.78, 5) is 0. The fourth-order valence-corrected chi connectivity index (χ4v) is 2.39. The van der Waals surface area contributed by atoms with Crippen molar-refractivity contribution in [2.24, 2.45) is 0 Å². The number of nitrogens with one attached hydrogen (secondary N) is 1. The first kappa shape index (κ1) is 13.4. The van der Waals surface area contributed by atoms with Crippen molar-refractivity contribution in [2.45, 2.75) is 13.8 Å². The zero-order chi connectivity index (χ0) is 15.0. The molecule has 0 atom stereocenters. The largest absolute Gasteiger partial charge is 0.382 e. The first-order valence-electron chi connectivity index (χ1n) is 6.73. The highest BCUT2D eigenvalue weighted by Gasteiger charge is 2.17. The summed E-state index contributed by atoms with van der Waals surface area (Å²) in [6.07, 6.45) is 0. The molecule has 0 saturated heterocycles. The van der Waals surface area contributed by atoms with Crippen LogP contribution in [0.15, 0.2) is 42.5 Å². The number of nitrogen functional groups attached to an aromatic ring is 1. The molecule has 3 aromatic rings. The van der Waals surface area contributed by atoms with Crippen molar-refractivity contribution in [1.29, 1.82) is 0 Å². The topological polar surface area (TPSA) is 54.7 Å². The van der Waals surface area contributed by atoms with Crippen LogP contribution < -0.4 is 5.73 Å². The van der Waals surface area contributed by atoms with E-state index in [0.717, 1.165) is 22.3 Å². The van der Waals surface area contributed by atoms with Crippen molar-refractivity contribution in [3.05, 3.63) is 59.4 Å². The zero-order valence-corrected chi connectivity index (χ0v) is 11.9. The molecule has 3 rings (SSSR count). The number of nitrogens with two attached hydrogens (primary N) is 1. The quantitative estimate of drug-likeness (QED) is 0.743. The highest BCUT2D eigenvalue weighted by atomic mass is 19.1. The molecule has 0 bridgehead atoms. The van der Waals surface area contributed by atoms with E-state index in [-0.39, 0.29) is 5.82 Å². The fraction of sp³-hybridized carbons (Fsp3) is 0.118. The number of benzene rings is 2. The lowest BCUT2D eigenvalue weighted by Gasteiger charge is -2.07. The van der Waals surface area contributed by atoms with Crippen LogP contribution in [0.1, 0.15) is 11.1 Å². The molecule has 0 amide bonds. The van der Waals surface area contributed by atoms with Crippen molar-refractivity contribution in [3.63, 3.8) is 0 Å². The third-order valence-electron chi connectivity index (χ3n) is 3.53. The van der Waals surface area contributed by atoms with Crippen LogP contribution in [0.3, 0.4) is 0 Å². The number of aromatic amines is 1. The molecular formula is C17H16FN3. The number of anilines is 1. The molecular weight excluding hydrogens is 265 g/mol. The summed E-state index contributed by atoms with van der Waals surface area (Å²) < 4.78 is 14.2. The molecule has 21 heavy (non-hydrogen) atoms. The predicted octanol–water partition coefficient (Wildman–Crippen LogP) is 4.08. The van der Waals surface area contributed by atoms with E-state index in [2.05, 4.69) is 10.2 Å². The van der Waals surface area contributed by atoms with Crippen LogP contribution in [-0.2, 0) is 0 Å². The minimum atomic E-state index is -0.285. The second kappa shape index (κ2) is 5.05. The molecule has 1 heterocycles. The molecule has 0 aliphatic heterocycles. The van der Waals surface area contributed by atoms with Crippen LogP contribution in [0, 0.1) is 19.7 Å². The van der Waals surface area contributed by atoms with Gasteiger partial charge in [0.1, 0.15) is 5.82 Å². The van der Waals surface area contributed by atoms with Crippen LogP contribution in [-0.4, -0.2) is 10.2 Å². The molecule has 0 radical (unpaired) electrons. The van der Waals surface area contributed by atoms with Gasteiger partial charge < -0.3 is 5.73 Å². The lowest BCUT2D eigenvalue weighted by molar-refractivity contribution is 0.629. The molecule has 106 valence electrons. The van der Waals surface area contributed by atoms with Gasteiger partial charge in [0.05, 0.1) is 11.3 Å². The maximum Gasteiger partial charge on any atom is 0.153 e. The first-order chi connectivity index (χ1) is 10.1. The number of H-pyrrole nitrogens is 1. The van der Waals surface area contributed by atoms with E-state index in [1.54, 1.807) is 6.07 Å². The Bertz CT molecular complexity index is 788. The molecule has 3 N–H and O–H groups in total. The van der Waals surface area contributed by atoms with Crippen LogP contribution in [0.5, 0.6) is 0 Å². The summed E-state index contributed by atoms with van der Waals surface area (Å²) in [5.41, 5.74) is 10.7. The van der Waals surface area contributed by atoms with Gasteiger partial charge in [-0.1, -0.05) is 35.9 Å². The molecule has 0 aliphatic carbocycles. The van der Waals surface area contributed by atoms with Crippen LogP contribution in [0.4, 0.5) is 10.2 Å². The molecule has 3 nitrogen and oxygen atoms in total. The van der Waals surface area contributed by atoms with Gasteiger partial charge in [0.15, 0.2) is 5.82 Å². The van der Waals surface area contributed by atoms with Crippen molar-refractivity contribution in [1.82, 2.24) is 10.2 Å². The van der Waals surface area contributed by atoms with E-state index < -0.39 is 0 Å². The summed E-state index contributed by atoms with van der Waals surface area (Å²) in [6.45, 7) is 3.87. The SMILES string of the molecule is Cc1ccc(-c2c(N)n[nH]c2-c2ccc(C)cc2F)cc1. The minimum absolute atomic E-state index is 0.285. The number of aryl methyl sites for hydroxylation is 2. The summed E-state index contributed by atoms with van der Waals surface area (Å²) in [5, 5.41) is 6.89. The maximum absolute atomic E-state index is 14.2. The van der Waals surface area contributed by atoms with Crippen molar-refractivity contribution >= 4 is 5.82 Å². The third-order valence-corrected chi connectivity index (χ3v) is 3.53. The Morgan fingerprint density at radius 1 is 1.00 bits per heavy atom. The van der Waals surface area contributed by atoms with E-state index in [1.165, 1.54) is 6.07 Å². The Balaban J connectivity index is 2.19. The molecule has 0 saturated carbocycles. The molecule has 4 heteroatoms. The Morgan fingerprint density at radius 3 is 2.33 bits per heavy atom. The molecule has 0 aliphatic rings. The second-order valence-electron chi connectivity index (χ2n) is 5.21. The van der Waals surface area contributed by atoms with Crippen molar-refractivity contribution in [2.75, 3.05) is 5.73 Å². The molecule has 0 fully saturated rings. The zero-order valence-electron chi connectivity index (χ0n) is 11.9. The van der Waals surface area contributed by atoms with Crippen LogP contribution in [0.2, 0.25) is 0 Å². The Labute approximate surface area is 122 Å². The lowest BCUT2D eigenvalue weighted by atomic mass is 9.99. The van der Waals surface area contributed by atoms with E-state index in [1.807, 2.05) is 44.2 Å². The third kappa shape index (κ3) is 2.40. The number of nitrogens with zero attached hydrogens (tertiary/aromatic N) is 1. The van der Waals surface area contributed by atoms with Gasteiger partial charge in [-0.2, -0.15) is 5.10 Å². The van der Waals surface area contributed by atoms with Gasteiger partial charge in [-0.05, 0) is 37.1 Å². The van der Waals surface area contributed by atoms with Gasteiger partial charge in [-0.25, -0.2) is 4.39 Å². The maximum atomic E-state index is 14.2. The predicted molar refractivity (Wildman–Crippen MR) is 83.3 cm³/mol. The van der Waals surface area contributed by atoms with Gasteiger partial charge in [-0.3, -0.25) is 5.10 Å². The monoisotopic (exact) mass is 281 g/mol. The Hall–Kier alpha value is -2.62. The average Bonchev–Trinajstić information content (AvgIpc) is 2.82. The van der Waals surface area contributed by atoms with E-state index in [0.29, 0.717) is 17.1 Å². The molecule has 2 aromatic carbocycles. The van der Waals surface area contributed by atoms with E-state index in [9.17, 15) is 4.39 Å². The highest BCUT2D eigenvalue weighted by Crippen LogP contribution is 2.35. The average molecular weight is 281 g/mol. The van der Waals surface area contributed by atoms with Crippen molar-refractivity contribution < 1.29 is 4.39 Å². The van der Waals surface area contributed by atoms with Crippen LogP contribution >= 0.6 is 0 Å². The number of aromatic nitrogens is 2. The summed E-state index contributed by atoms with van der Waals surface area (Å²) in [6, 6.07) is 13.0. The molecule has 0 unspecified atom stereocenters. The van der Waals surface area contributed by atoms with Gasteiger partial charge >= 0.3 is 0 Å². The van der Waals surface area contributed by atoms with Crippen molar-refractivity contribution in [3.8, 4) is 22.4 Å². The summed E-state index contributed by atoms with van der Waals surface area (Å²) in [5.74, 6) is 0.0841. The number of rotatable bonds is 2. The minimum Gasteiger partial charge on any atom is -0.382 e. The number of halogens is 1. The molecule has 0 spiro atoms. The Morgan fingerprint density at radius 2 is 1.67 bits per heavy atom. The standard InChI is InChI=1S/C17H16FN3/c1-10-3-6-12(7-4-10)15-16(20-21-17(15)19)13-8-5-11(2)9-14(13)18/h3-9H,1-2H3,(H3,19,20,21). The van der Waals surface area contributed by atoms with Gasteiger partial charge in [-0.15, -0.1) is 0 Å².